The lowest BCUT2D eigenvalue weighted by Crippen LogP contribution is -2.42. The lowest BCUT2D eigenvalue weighted by Gasteiger charge is -2.28. The molecule has 2 N–H and O–H groups in total. The van der Waals surface area contributed by atoms with Crippen LogP contribution in [0, 0.1) is 13.8 Å². The number of carbonyl (C=O) groups excluding carboxylic acids is 1. The van der Waals surface area contributed by atoms with Gasteiger partial charge in [-0.05, 0) is 44.0 Å². The maximum atomic E-state index is 11.9. The fraction of sp³-hybridized carbons (Fsp3) is 0.389. The Bertz CT molecular complexity index is 739. The highest BCUT2D eigenvalue weighted by Crippen LogP contribution is 2.21. The molecule has 2 heterocycles. The van der Waals surface area contributed by atoms with Gasteiger partial charge in [-0.3, -0.25) is 0 Å². The Balaban J connectivity index is 1.74. The lowest BCUT2D eigenvalue weighted by atomic mass is 10.1. The second kappa shape index (κ2) is 6.86. The Kier molecular flexibility index (Phi) is 4.64. The van der Waals surface area contributed by atoms with E-state index in [1.54, 1.807) is 4.90 Å². The quantitative estimate of drug-likeness (QED) is 0.910. The fourth-order valence-electron chi connectivity index (χ4n) is 2.99. The number of fused-ring (bicyclic) bond motifs is 1. The zero-order valence-corrected chi connectivity index (χ0v) is 14.4. The first-order chi connectivity index (χ1) is 11.5. The molecule has 6 heteroatoms. The molecule has 0 aliphatic carbocycles. The second-order valence-corrected chi connectivity index (χ2v) is 6.17. The molecule has 1 aromatic carbocycles. The minimum Gasteiger partial charge on any atom is -0.338 e. The summed E-state index contributed by atoms with van der Waals surface area (Å²) in [5.41, 5.74) is 5.42. The largest absolute Gasteiger partial charge is 0.338 e. The van der Waals surface area contributed by atoms with E-state index in [-0.39, 0.29) is 6.03 Å². The average Bonchev–Trinajstić information content (AvgIpc) is 2.53. The molecule has 0 atom stereocenters. The van der Waals surface area contributed by atoms with E-state index < -0.39 is 0 Å². The van der Waals surface area contributed by atoms with Crippen LogP contribution >= 0.6 is 0 Å². The van der Waals surface area contributed by atoms with Gasteiger partial charge in [-0.25, -0.2) is 14.8 Å². The summed E-state index contributed by atoms with van der Waals surface area (Å²) in [6.45, 7) is 7.94. The topological polar surface area (TPSA) is 70.2 Å². The van der Waals surface area contributed by atoms with Crippen molar-refractivity contribution in [3.8, 4) is 0 Å². The Labute approximate surface area is 142 Å². The second-order valence-electron chi connectivity index (χ2n) is 6.17. The monoisotopic (exact) mass is 325 g/mol. The van der Waals surface area contributed by atoms with Crippen LogP contribution in [-0.4, -0.2) is 34.0 Å². The van der Waals surface area contributed by atoms with E-state index >= 15 is 0 Å². The Morgan fingerprint density at radius 3 is 2.71 bits per heavy atom. The number of benzene rings is 1. The van der Waals surface area contributed by atoms with Crippen LogP contribution in [-0.2, 0) is 13.0 Å². The molecular weight excluding hydrogens is 302 g/mol. The number of urea groups is 1. The third-order valence-corrected chi connectivity index (χ3v) is 4.03. The van der Waals surface area contributed by atoms with Gasteiger partial charge in [0.05, 0.1) is 12.2 Å². The maximum absolute atomic E-state index is 11.9. The van der Waals surface area contributed by atoms with E-state index in [2.05, 4.69) is 52.6 Å². The van der Waals surface area contributed by atoms with E-state index in [0.29, 0.717) is 25.6 Å². The molecule has 2 amide bonds. The molecule has 0 unspecified atom stereocenters. The highest BCUT2D eigenvalue weighted by molar-refractivity contribution is 5.74. The van der Waals surface area contributed by atoms with Crippen LogP contribution in [0.5, 0.6) is 0 Å². The van der Waals surface area contributed by atoms with Gasteiger partial charge in [0.2, 0.25) is 5.95 Å². The Hall–Kier alpha value is -2.63. The van der Waals surface area contributed by atoms with Crippen molar-refractivity contribution in [2.75, 3.05) is 18.4 Å². The highest BCUT2D eigenvalue weighted by Gasteiger charge is 2.21. The van der Waals surface area contributed by atoms with Gasteiger partial charge in [-0.1, -0.05) is 6.07 Å². The highest BCUT2D eigenvalue weighted by atomic mass is 16.2. The molecule has 126 valence electrons. The summed E-state index contributed by atoms with van der Waals surface area (Å²) in [6, 6.07) is 6.26. The lowest BCUT2D eigenvalue weighted by molar-refractivity contribution is 0.192. The molecule has 3 rings (SSSR count). The van der Waals surface area contributed by atoms with E-state index in [4.69, 9.17) is 0 Å². The van der Waals surface area contributed by atoms with Crippen molar-refractivity contribution in [3.05, 3.63) is 46.8 Å². The number of nitrogens with zero attached hydrogens (tertiary/aromatic N) is 3. The van der Waals surface area contributed by atoms with Gasteiger partial charge in [0.1, 0.15) is 0 Å². The molecule has 0 radical (unpaired) electrons. The van der Waals surface area contributed by atoms with Crippen LogP contribution in [0.1, 0.15) is 29.3 Å². The molecule has 0 fully saturated rings. The van der Waals surface area contributed by atoms with E-state index in [0.717, 1.165) is 23.4 Å². The van der Waals surface area contributed by atoms with Gasteiger partial charge in [-0.15, -0.1) is 0 Å². The fourth-order valence-corrected chi connectivity index (χ4v) is 2.99. The standard InChI is InChI=1S/C18H23N5O/c1-4-19-18(24)23-6-5-16-14(11-23)10-20-17(22-16)21-15-8-12(2)7-13(3)9-15/h7-10H,4-6,11H2,1-3H3,(H,19,24)(H,20,21,22). The molecule has 1 aliphatic rings. The summed E-state index contributed by atoms with van der Waals surface area (Å²) >= 11 is 0. The van der Waals surface area contributed by atoms with Gasteiger partial charge in [-0.2, -0.15) is 0 Å². The molecule has 0 saturated carbocycles. The summed E-state index contributed by atoms with van der Waals surface area (Å²) in [7, 11) is 0. The van der Waals surface area contributed by atoms with Crippen molar-refractivity contribution < 1.29 is 4.79 Å². The molecule has 1 aliphatic heterocycles. The van der Waals surface area contributed by atoms with Crippen molar-refractivity contribution in [2.45, 2.75) is 33.7 Å². The van der Waals surface area contributed by atoms with Crippen LogP contribution in [0.15, 0.2) is 24.4 Å². The molecule has 6 nitrogen and oxygen atoms in total. The predicted molar refractivity (Wildman–Crippen MR) is 94.4 cm³/mol. The van der Waals surface area contributed by atoms with Crippen molar-refractivity contribution in [3.63, 3.8) is 0 Å². The first kappa shape index (κ1) is 16.2. The number of rotatable bonds is 3. The van der Waals surface area contributed by atoms with Gasteiger partial charge in [0.15, 0.2) is 0 Å². The van der Waals surface area contributed by atoms with E-state index in [1.807, 2.05) is 13.1 Å². The molecule has 0 bridgehead atoms. The average molecular weight is 325 g/mol. The third kappa shape index (κ3) is 3.64. The van der Waals surface area contributed by atoms with Crippen LogP contribution < -0.4 is 10.6 Å². The van der Waals surface area contributed by atoms with Crippen LogP contribution in [0.2, 0.25) is 0 Å². The number of anilines is 2. The summed E-state index contributed by atoms with van der Waals surface area (Å²) in [4.78, 5) is 22.8. The number of aryl methyl sites for hydroxylation is 2. The number of amides is 2. The number of nitrogens with one attached hydrogen (secondary N) is 2. The predicted octanol–water partition coefficient (Wildman–Crippen LogP) is 2.92. The number of carbonyl (C=O) groups is 1. The summed E-state index contributed by atoms with van der Waals surface area (Å²) < 4.78 is 0. The SMILES string of the molecule is CCNC(=O)N1CCc2nc(Nc3cc(C)cc(C)c3)ncc2C1. The molecule has 1 aromatic heterocycles. The summed E-state index contributed by atoms with van der Waals surface area (Å²) in [5.74, 6) is 0.602. The first-order valence-electron chi connectivity index (χ1n) is 8.28. The molecule has 2 aromatic rings. The Morgan fingerprint density at radius 2 is 2.00 bits per heavy atom. The Morgan fingerprint density at radius 1 is 1.25 bits per heavy atom. The van der Waals surface area contributed by atoms with Crippen LogP contribution in [0.25, 0.3) is 0 Å². The van der Waals surface area contributed by atoms with Gasteiger partial charge < -0.3 is 15.5 Å². The van der Waals surface area contributed by atoms with Gasteiger partial charge in [0, 0.05) is 37.0 Å². The summed E-state index contributed by atoms with van der Waals surface area (Å²) in [5, 5.41) is 6.11. The van der Waals surface area contributed by atoms with Crippen LogP contribution in [0.3, 0.4) is 0 Å². The van der Waals surface area contributed by atoms with E-state index in [9.17, 15) is 4.79 Å². The van der Waals surface area contributed by atoms with Crippen molar-refractivity contribution in [1.29, 1.82) is 0 Å². The molecule has 0 spiro atoms. The number of hydrogen-bond donors (Lipinski definition) is 2. The van der Waals surface area contributed by atoms with Gasteiger partial charge >= 0.3 is 6.03 Å². The van der Waals surface area contributed by atoms with Crippen molar-refractivity contribution >= 4 is 17.7 Å². The van der Waals surface area contributed by atoms with Crippen LogP contribution in [0.4, 0.5) is 16.4 Å². The molecule has 24 heavy (non-hydrogen) atoms. The third-order valence-electron chi connectivity index (χ3n) is 4.03. The molecule has 0 saturated heterocycles. The zero-order valence-electron chi connectivity index (χ0n) is 14.4. The molecular formula is C18H23N5O. The summed E-state index contributed by atoms with van der Waals surface area (Å²) in [6.07, 6.45) is 2.56. The van der Waals surface area contributed by atoms with Crippen molar-refractivity contribution in [1.82, 2.24) is 20.2 Å². The number of hydrogen-bond acceptors (Lipinski definition) is 4. The first-order valence-corrected chi connectivity index (χ1v) is 8.28. The minimum absolute atomic E-state index is 0.0272. The minimum atomic E-state index is -0.0272. The zero-order chi connectivity index (χ0) is 17.1. The maximum Gasteiger partial charge on any atom is 0.317 e. The smallest absolute Gasteiger partial charge is 0.317 e. The normalized spacial score (nSPS) is 13.4. The van der Waals surface area contributed by atoms with Crippen molar-refractivity contribution in [2.24, 2.45) is 0 Å². The van der Waals surface area contributed by atoms with Gasteiger partial charge in [0.25, 0.3) is 0 Å². The number of aromatic nitrogens is 2. The van der Waals surface area contributed by atoms with E-state index in [1.165, 1.54) is 11.1 Å².